The van der Waals surface area contributed by atoms with Gasteiger partial charge in [-0.1, -0.05) is 0 Å². The van der Waals surface area contributed by atoms with Crippen LogP contribution in [-0.4, -0.2) is 55.6 Å². The van der Waals surface area contributed by atoms with Crippen LogP contribution in [0.4, 0.5) is 4.79 Å². The van der Waals surface area contributed by atoms with Gasteiger partial charge in [-0.15, -0.1) is 0 Å². The minimum Gasteiger partial charge on any atom is -0.328 e. The summed E-state index contributed by atoms with van der Waals surface area (Å²) >= 11 is 0. The van der Waals surface area contributed by atoms with Crippen LogP contribution in [0.25, 0.3) is 0 Å². The molecule has 4 heteroatoms. The zero-order valence-corrected chi connectivity index (χ0v) is 10.1. The van der Waals surface area contributed by atoms with Crippen LogP contribution in [0.2, 0.25) is 0 Å². The van der Waals surface area contributed by atoms with Crippen LogP contribution >= 0.6 is 0 Å². The Kier molecular flexibility index (Phi) is 4.88. The third-order valence-electron chi connectivity index (χ3n) is 3.20. The minimum atomic E-state index is 0.143. The molecule has 1 aliphatic heterocycles. The minimum absolute atomic E-state index is 0.143. The van der Waals surface area contributed by atoms with Crippen molar-refractivity contribution < 1.29 is 4.79 Å². The molecule has 1 saturated heterocycles. The monoisotopic (exact) mass is 213 g/mol. The summed E-state index contributed by atoms with van der Waals surface area (Å²) in [6, 6.07) is 0.547. The Morgan fingerprint density at radius 3 is 2.73 bits per heavy atom. The summed E-state index contributed by atoms with van der Waals surface area (Å²) in [5.41, 5.74) is 0. The SMILES string of the molecule is CCN(C)C(=O)N(C)C1CCCNCC1. The highest BCUT2D eigenvalue weighted by molar-refractivity contribution is 5.74. The lowest BCUT2D eigenvalue weighted by atomic mass is 10.1. The molecule has 0 spiro atoms. The van der Waals surface area contributed by atoms with Crippen molar-refractivity contribution in [3.63, 3.8) is 0 Å². The number of rotatable bonds is 2. The summed E-state index contributed by atoms with van der Waals surface area (Å²) in [6.07, 6.45) is 3.35. The van der Waals surface area contributed by atoms with Crippen LogP contribution < -0.4 is 5.32 Å². The second-order valence-electron chi connectivity index (χ2n) is 4.24. The van der Waals surface area contributed by atoms with E-state index in [1.165, 1.54) is 0 Å². The largest absolute Gasteiger partial charge is 0.328 e. The lowest BCUT2D eigenvalue weighted by Crippen LogP contribution is -2.44. The second kappa shape index (κ2) is 5.95. The first-order valence-electron chi connectivity index (χ1n) is 5.85. The standard InChI is InChI=1S/C11H23N3O/c1-4-13(2)11(15)14(3)10-6-5-8-12-9-7-10/h10,12H,4-9H2,1-3H3. The van der Waals surface area contributed by atoms with E-state index in [-0.39, 0.29) is 6.03 Å². The maximum Gasteiger partial charge on any atom is 0.319 e. The summed E-state index contributed by atoms with van der Waals surface area (Å²) in [4.78, 5) is 15.6. The lowest BCUT2D eigenvalue weighted by molar-refractivity contribution is 0.153. The fraction of sp³-hybridized carbons (Fsp3) is 0.909. The van der Waals surface area contributed by atoms with Crippen LogP contribution in [0, 0.1) is 0 Å². The zero-order chi connectivity index (χ0) is 11.3. The average Bonchev–Trinajstić information content (AvgIpc) is 2.54. The van der Waals surface area contributed by atoms with Crippen LogP contribution in [0.5, 0.6) is 0 Å². The summed E-state index contributed by atoms with van der Waals surface area (Å²) in [7, 11) is 3.78. The first kappa shape index (κ1) is 12.3. The van der Waals surface area contributed by atoms with E-state index in [1.54, 1.807) is 4.90 Å². The Bertz CT molecular complexity index is 200. The van der Waals surface area contributed by atoms with E-state index in [1.807, 2.05) is 25.9 Å². The topological polar surface area (TPSA) is 35.6 Å². The van der Waals surface area contributed by atoms with Gasteiger partial charge in [-0.05, 0) is 39.3 Å². The Labute approximate surface area is 92.6 Å². The predicted octanol–water partition coefficient (Wildman–Crippen LogP) is 1.13. The molecule has 4 nitrogen and oxygen atoms in total. The number of nitrogens with one attached hydrogen (secondary N) is 1. The quantitative estimate of drug-likeness (QED) is 0.746. The van der Waals surface area contributed by atoms with E-state index in [2.05, 4.69) is 5.32 Å². The summed E-state index contributed by atoms with van der Waals surface area (Å²) in [5, 5.41) is 3.36. The van der Waals surface area contributed by atoms with Gasteiger partial charge >= 0.3 is 6.03 Å². The summed E-state index contributed by atoms with van der Waals surface area (Å²) in [6.45, 7) is 4.88. The number of nitrogens with zero attached hydrogens (tertiary/aromatic N) is 2. The van der Waals surface area contributed by atoms with E-state index in [9.17, 15) is 4.79 Å². The molecule has 0 bridgehead atoms. The van der Waals surface area contributed by atoms with Gasteiger partial charge in [0.15, 0.2) is 0 Å². The van der Waals surface area contributed by atoms with Gasteiger partial charge in [0.05, 0.1) is 0 Å². The molecule has 0 saturated carbocycles. The molecule has 0 aromatic heterocycles. The molecule has 2 amide bonds. The molecular weight excluding hydrogens is 190 g/mol. The first-order valence-corrected chi connectivity index (χ1v) is 5.85. The fourth-order valence-corrected chi connectivity index (χ4v) is 1.95. The number of carbonyl (C=O) groups is 1. The number of urea groups is 1. The Morgan fingerprint density at radius 2 is 2.07 bits per heavy atom. The molecule has 88 valence electrons. The van der Waals surface area contributed by atoms with E-state index in [4.69, 9.17) is 0 Å². The van der Waals surface area contributed by atoms with Crippen molar-refractivity contribution in [2.45, 2.75) is 32.2 Å². The van der Waals surface area contributed by atoms with E-state index in [0.717, 1.165) is 38.9 Å². The van der Waals surface area contributed by atoms with Crippen molar-refractivity contribution >= 4 is 6.03 Å². The molecule has 0 radical (unpaired) electrons. The van der Waals surface area contributed by atoms with Crippen LogP contribution in [0.15, 0.2) is 0 Å². The first-order chi connectivity index (χ1) is 7.16. The van der Waals surface area contributed by atoms with E-state index >= 15 is 0 Å². The Morgan fingerprint density at radius 1 is 1.33 bits per heavy atom. The number of hydrogen-bond donors (Lipinski definition) is 1. The van der Waals surface area contributed by atoms with Crippen molar-refractivity contribution in [3.8, 4) is 0 Å². The van der Waals surface area contributed by atoms with E-state index < -0.39 is 0 Å². The summed E-state index contributed by atoms with van der Waals surface area (Å²) < 4.78 is 0. The molecule has 1 heterocycles. The van der Waals surface area contributed by atoms with Crippen molar-refractivity contribution in [1.29, 1.82) is 0 Å². The molecular formula is C11H23N3O. The van der Waals surface area contributed by atoms with Gasteiger partial charge < -0.3 is 15.1 Å². The van der Waals surface area contributed by atoms with Crippen LogP contribution in [0.1, 0.15) is 26.2 Å². The molecule has 1 aliphatic rings. The van der Waals surface area contributed by atoms with Gasteiger partial charge in [0, 0.05) is 26.7 Å². The Balaban J connectivity index is 2.49. The molecule has 1 fully saturated rings. The maximum atomic E-state index is 11.9. The normalized spacial score (nSPS) is 21.9. The van der Waals surface area contributed by atoms with Gasteiger partial charge in [-0.3, -0.25) is 0 Å². The van der Waals surface area contributed by atoms with Crippen LogP contribution in [0.3, 0.4) is 0 Å². The van der Waals surface area contributed by atoms with E-state index in [0.29, 0.717) is 6.04 Å². The second-order valence-corrected chi connectivity index (χ2v) is 4.24. The van der Waals surface area contributed by atoms with Gasteiger partial charge in [-0.25, -0.2) is 4.79 Å². The molecule has 1 N–H and O–H groups in total. The average molecular weight is 213 g/mol. The van der Waals surface area contributed by atoms with Gasteiger partial charge in [0.2, 0.25) is 0 Å². The third kappa shape index (κ3) is 3.38. The molecule has 0 aliphatic carbocycles. The molecule has 0 aromatic rings. The van der Waals surface area contributed by atoms with Crippen LogP contribution in [-0.2, 0) is 0 Å². The van der Waals surface area contributed by atoms with Gasteiger partial charge in [0.25, 0.3) is 0 Å². The molecule has 15 heavy (non-hydrogen) atoms. The highest BCUT2D eigenvalue weighted by Gasteiger charge is 2.22. The predicted molar refractivity (Wildman–Crippen MR) is 62.0 cm³/mol. The third-order valence-corrected chi connectivity index (χ3v) is 3.20. The molecule has 1 atom stereocenters. The smallest absolute Gasteiger partial charge is 0.319 e. The van der Waals surface area contributed by atoms with Crippen molar-refractivity contribution in [3.05, 3.63) is 0 Å². The Hall–Kier alpha value is -0.770. The maximum absolute atomic E-state index is 11.9. The number of hydrogen-bond acceptors (Lipinski definition) is 2. The molecule has 1 rings (SSSR count). The fourth-order valence-electron chi connectivity index (χ4n) is 1.95. The number of carbonyl (C=O) groups excluding carboxylic acids is 1. The summed E-state index contributed by atoms with van der Waals surface area (Å²) in [5.74, 6) is 0. The zero-order valence-electron chi connectivity index (χ0n) is 10.1. The van der Waals surface area contributed by atoms with Crippen molar-refractivity contribution in [1.82, 2.24) is 15.1 Å². The highest BCUT2D eigenvalue weighted by Crippen LogP contribution is 2.13. The molecule has 1 unspecified atom stereocenters. The highest BCUT2D eigenvalue weighted by atomic mass is 16.2. The van der Waals surface area contributed by atoms with Gasteiger partial charge in [-0.2, -0.15) is 0 Å². The van der Waals surface area contributed by atoms with Crippen molar-refractivity contribution in [2.24, 2.45) is 0 Å². The lowest BCUT2D eigenvalue weighted by Gasteiger charge is -2.30. The molecule has 0 aromatic carbocycles. The van der Waals surface area contributed by atoms with Gasteiger partial charge in [0.1, 0.15) is 0 Å². The number of amides is 2. The van der Waals surface area contributed by atoms with Crippen molar-refractivity contribution in [2.75, 3.05) is 33.7 Å².